The van der Waals surface area contributed by atoms with Crippen molar-refractivity contribution in [3.05, 3.63) is 29.8 Å². The van der Waals surface area contributed by atoms with E-state index in [9.17, 15) is 4.79 Å². The molecule has 0 aliphatic heterocycles. The summed E-state index contributed by atoms with van der Waals surface area (Å²) in [7, 11) is 0. The summed E-state index contributed by atoms with van der Waals surface area (Å²) in [5.41, 5.74) is 7.28. The third kappa shape index (κ3) is 2.01. The lowest BCUT2D eigenvalue weighted by Gasteiger charge is -2.08. The lowest BCUT2D eigenvalue weighted by atomic mass is 10.1. The molecule has 0 bridgehead atoms. The van der Waals surface area contributed by atoms with E-state index in [1.54, 1.807) is 16.8 Å². The number of nitrogens with two attached hydrogens (primary N) is 1. The Balaban J connectivity index is 2.34. The van der Waals surface area contributed by atoms with E-state index in [1.165, 1.54) is 0 Å². The topological polar surface area (TPSA) is 93.5 Å². The summed E-state index contributed by atoms with van der Waals surface area (Å²) in [6.45, 7) is 1.87. The zero-order valence-corrected chi connectivity index (χ0v) is 8.79. The van der Waals surface area contributed by atoms with E-state index in [1.807, 2.05) is 13.1 Å². The summed E-state index contributed by atoms with van der Waals surface area (Å²) >= 11 is 0. The molecule has 0 aliphatic carbocycles. The van der Waals surface area contributed by atoms with Gasteiger partial charge in [-0.1, -0.05) is 0 Å². The predicted molar refractivity (Wildman–Crippen MR) is 56.9 cm³/mol. The minimum absolute atomic E-state index is 0.110. The number of imidazole rings is 1. The summed E-state index contributed by atoms with van der Waals surface area (Å²) in [5.74, 6) is -0.335. The maximum absolute atomic E-state index is 10.5. The van der Waals surface area contributed by atoms with Crippen molar-refractivity contribution < 1.29 is 9.90 Å². The molecule has 0 aromatic carbocycles. The maximum atomic E-state index is 10.5. The number of hydrogen-bond donors (Lipinski definition) is 2. The van der Waals surface area contributed by atoms with E-state index in [-0.39, 0.29) is 6.42 Å². The molecular formula is C10H12N4O2. The van der Waals surface area contributed by atoms with Crippen molar-refractivity contribution >= 4 is 11.7 Å². The number of carbonyl (C=O) groups is 1. The number of aliphatic carboxylic acids is 1. The molecule has 2 aromatic heterocycles. The lowest BCUT2D eigenvalue weighted by molar-refractivity contribution is -0.137. The minimum Gasteiger partial charge on any atom is -0.481 e. The number of rotatable bonds is 3. The molecule has 0 saturated heterocycles. The average molecular weight is 220 g/mol. The first-order chi connectivity index (χ1) is 7.56. The van der Waals surface area contributed by atoms with Crippen LogP contribution in [0.15, 0.2) is 18.6 Å². The molecule has 2 aromatic rings. The van der Waals surface area contributed by atoms with Crippen LogP contribution < -0.4 is 5.73 Å². The Morgan fingerprint density at radius 1 is 1.62 bits per heavy atom. The molecule has 84 valence electrons. The number of carboxylic acids is 1. The summed E-state index contributed by atoms with van der Waals surface area (Å²) in [4.78, 5) is 18.8. The van der Waals surface area contributed by atoms with Crippen LogP contribution in [0.4, 0.5) is 0 Å². The summed E-state index contributed by atoms with van der Waals surface area (Å²) in [6, 6.07) is -0.544. The van der Waals surface area contributed by atoms with Crippen LogP contribution in [0.1, 0.15) is 23.7 Å². The van der Waals surface area contributed by atoms with Crippen LogP contribution in [-0.4, -0.2) is 25.4 Å². The summed E-state index contributed by atoms with van der Waals surface area (Å²) < 4.78 is 1.74. The number of aromatic nitrogens is 3. The molecule has 0 radical (unpaired) electrons. The smallest absolute Gasteiger partial charge is 0.305 e. The highest BCUT2D eigenvalue weighted by atomic mass is 16.4. The Bertz CT molecular complexity index is 535. The highest BCUT2D eigenvalue weighted by molar-refractivity contribution is 5.67. The summed E-state index contributed by atoms with van der Waals surface area (Å²) in [5, 5.41) is 8.64. The van der Waals surface area contributed by atoms with Crippen molar-refractivity contribution in [2.75, 3.05) is 0 Å². The standard InChI is InChI=1S/C10H12N4O2/c1-6-4-14-5-7(3-12-10(14)13-6)8(11)2-9(15)16/h3-5,8H,2,11H2,1H3,(H,15,16). The van der Waals surface area contributed by atoms with Crippen molar-refractivity contribution in [1.82, 2.24) is 14.4 Å². The van der Waals surface area contributed by atoms with E-state index in [0.29, 0.717) is 11.3 Å². The van der Waals surface area contributed by atoms with Gasteiger partial charge in [-0.3, -0.25) is 9.20 Å². The monoisotopic (exact) mass is 220 g/mol. The first-order valence-electron chi connectivity index (χ1n) is 4.85. The third-order valence-electron chi connectivity index (χ3n) is 2.27. The Kier molecular flexibility index (Phi) is 2.57. The SMILES string of the molecule is Cc1cn2cc(C(N)CC(=O)O)cnc2n1. The molecular weight excluding hydrogens is 208 g/mol. The second-order valence-electron chi connectivity index (χ2n) is 3.68. The highest BCUT2D eigenvalue weighted by Gasteiger charge is 2.12. The number of nitrogens with zero attached hydrogens (tertiary/aromatic N) is 3. The van der Waals surface area contributed by atoms with Crippen molar-refractivity contribution in [2.45, 2.75) is 19.4 Å². The van der Waals surface area contributed by atoms with Gasteiger partial charge in [0.2, 0.25) is 5.78 Å². The van der Waals surface area contributed by atoms with E-state index in [2.05, 4.69) is 9.97 Å². The van der Waals surface area contributed by atoms with Gasteiger partial charge in [-0.25, -0.2) is 9.97 Å². The van der Waals surface area contributed by atoms with Gasteiger partial charge in [-0.15, -0.1) is 0 Å². The van der Waals surface area contributed by atoms with Gasteiger partial charge in [0.25, 0.3) is 0 Å². The van der Waals surface area contributed by atoms with Gasteiger partial charge in [0.1, 0.15) is 0 Å². The lowest BCUT2D eigenvalue weighted by Crippen LogP contribution is -2.15. The third-order valence-corrected chi connectivity index (χ3v) is 2.27. The number of carboxylic acid groups (broad SMARTS) is 1. The Morgan fingerprint density at radius 3 is 3.06 bits per heavy atom. The van der Waals surface area contributed by atoms with Crippen LogP contribution in [0.3, 0.4) is 0 Å². The molecule has 2 rings (SSSR count). The van der Waals surface area contributed by atoms with Gasteiger partial charge >= 0.3 is 5.97 Å². The van der Waals surface area contributed by atoms with Gasteiger partial charge < -0.3 is 10.8 Å². The fraction of sp³-hybridized carbons (Fsp3) is 0.300. The van der Waals surface area contributed by atoms with Gasteiger partial charge in [-0.05, 0) is 6.92 Å². The van der Waals surface area contributed by atoms with Gasteiger partial charge in [0.05, 0.1) is 12.1 Å². The first kappa shape index (κ1) is 10.6. The van der Waals surface area contributed by atoms with Crippen LogP contribution in [0.2, 0.25) is 0 Å². The first-order valence-corrected chi connectivity index (χ1v) is 4.85. The van der Waals surface area contributed by atoms with Crippen LogP contribution >= 0.6 is 0 Å². The second kappa shape index (κ2) is 3.90. The zero-order chi connectivity index (χ0) is 11.7. The van der Waals surface area contributed by atoms with Crippen molar-refractivity contribution in [1.29, 1.82) is 0 Å². The molecule has 16 heavy (non-hydrogen) atoms. The van der Waals surface area contributed by atoms with Crippen molar-refractivity contribution in [2.24, 2.45) is 5.73 Å². The fourth-order valence-corrected chi connectivity index (χ4v) is 1.52. The number of fused-ring (bicyclic) bond motifs is 1. The minimum atomic E-state index is -0.922. The van der Waals surface area contributed by atoms with Crippen LogP contribution in [0.5, 0.6) is 0 Å². The fourth-order valence-electron chi connectivity index (χ4n) is 1.52. The molecule has 3 N–H and O–H groups in total. The predicted octanol–water partition coefficient (Wildman–Crippen LogP) is 0.512. The molecule has 1 atom stereocenters. The molecule has 0 spiro atoms. The molecule has 0 aliphatic rings. The van der Waals surface area contributed by atoms with Crippen molar-refractivity contribution in [3.8, 4) is 0 Å². The van der Waals surface area contributed by atoms with Crippen molar-refractivity contribution in [3.63, 3.8) is 0 Å². The molecule has 2 heterocycles. The quantitative estimate of drug-likeness (QED) is 0.786. The van der Waals surface area contributed by atoms with Gasteiger partial charge in [0.15, 0.2) is 0 Å². The summed E-state index contributed by atoms with van der Waals surface area (Å²) in [6.07, 6.45) is 5.03. The molecule has 1 unspecified atom stereocenters. The maximum Gasteiger partial charge on any atom is 0.305 e. The average Bonchev–Trinajstić information content (AvgIpc) is 2.55. The normalized spacial score (nSPS) is 12.9. The van der Waals surface area contributed by atoms with Crippen LogP contribution in [0.25, 0.3) is 5.78 Å². The molecule has 0 saturated carbocycles. The van der Waals surface area contributed by atoms with E-state index < -0.39 is 12.0 Å². The Hall–Kier alpha value is -1.95. The number of aryl methyl sites for hydroxylation is 1. The van der Waals surface area contributed by atoms with Crippen LogP contribution in [-0.2, 0) is 4.79 Å². The Labute approximate surface area is 91.7 Å². The number of hydrogen-bond acceptors (Lipinski definition) is 4. The van der Waals surface area contributed by atoms with E-state index >= 15 is 0 Å². The van der Waals surface area contributed by atoms with E-state index in [0.717, 1.165) is 5.69 Å². The second-order valence-corrected chi connectivity index (χ2v) is 3.68. The molecule has 0 fully saturated rings. The highest BCUT2D eigenvalue weighted by Crippen LogP contribution is 2.13. The van der Waals surface area contributed by atoms with Crippen LogP contribution in [0, 0.1) is 6.92 Å². The molecule has 6 heteroatoms. The zero-order valence-electron chi connectivity index (χ0n) is 8.79. The van der Waals surface area contributed by atoms with E-state index in [4.69, 9.17) is 10.8 Å². The van der Waals surface area contributed by atoms with Gasteiger partial charge in [0, 0.05) is 30.2 Å². The largest absolute Gasteiger partial charge is 0.481 e. The van der Waals surface area contributed by atoms with Gasteiger partial charge in [-0.2, -0.15) is 0 Å². The Morgan fingerprint density at radius 2 is 2.38 bits per heavy atom. The molecule has 6 nitrogen and oxygen atoms in total. The molecule has 0 amide bonds.